The predicted octanol–water partition coefficient (Wildman–Crippen LogP) is 2.58. The fourth-order valence-electron chi connectivity index (χ4n) is 2.66. The lowest BCUT2D eigenvalue weighted by molar-refractivity contribution is 0.0510. The third-order valence-corrected chi connectivity index (χ3v) is 4.46. The van der Waals surface area contributed by atoms with Crippen molar-refractivity contribution in [1.82, 2.24) is 20.0 Å². The number of benzene rings is 1. The number of aromatic nitrogens is 2. The molecule has 0 aliphatic carbocycles. The maximum Gasteiger partial charge on any atom is 0.311 e. The van der Waals surface area contributed by atoms with Gasteiger partial charge in [0.1, 0.15) is 5.82 Å². The first-order valence-corrected chi connectivity index (χ1v) is 8.62. The van der Waals surface area contributed by atoms with E-state index in [2.05, 4.69) is 10.2 Å². The van der Waals surface area contributed by atoms with E-state index in [0.717, 1.165) is 0 Å². The van der Waals surface area contributed by atoms with Crippen LogP contribution in [0.2, 0.25) is 5.02 Å². The Bertz CT molecular complexity index is 811. The highest BCUT2D eigenvalue weighted by atomic mass is 35.5. The third kappa shape index (κ3) is 3.55. The molecule has 138 valence electrons. The number of piperazine rings is 1. The molecule has 0 atom stereocenters. The quantitative estimate of drug-likeness (QED) is 0.817. The molecule has 1 aromatic carbocycles. The van der Waals surface area contributed by atoms with Gasteiger partial charge in [-0.1, -0.05) is 31.5 Å². The van der Waals surface area contributed by atoms with Gasteiger partial charge in [-0.3, -0.25) is 9.59 Å². The predicted molar refractivity (Wildman–Crippen MR) is 91.6 cm³/mol. The Morgan fingerprint density at radius 3 is 2.27 bits per heavy atom. The zero-order valence-electron chi connectivity index (χ0n) is 14.4. The van der Waals surface area contributed by atoms with Gasteiger partial charge in [-0.15, -0.1) is 10.2 Å². The number of nitrogens with zero attached hydrogens (tertiary/aromatic N) is 4. The van der Waals surface area contributed by atoms with Crippen LogP contribution in [0.3, 0.4) is 0 Å². The molecule has 0 radical (unpaired) electrons. The van der Waals surface area contributed by atoms with Gasteiger partial charge in [0.25, 0.3) is 5.91 Å². The molecule has 1 aliphatic heterocycles. The first kappa shape index (κ1) is 18.3. The Morgan fingerprint density at radius 2 is 1.73 bits per heavy atom. The van der Waals surface area contributed by atoms with Gasteiger partial charge in [0.2, 0.25) is 5.89 Å². The molecule has 0 bridgehead atoms. The van der Waals surface area contributed by atoms with E-state index in [1.54, 1.807) is 0 Å². The van der Waals surface area contributed by atoms with Gasteiger partial charge in [-0.05, 0) is 12.1 Å². The van der Waals surface area contributed by atoms with Crippen molar-refractivity contribution < 1.29 is 18.4 Å². The second kappa shape index (κ2) is 7.41. The molecule has 7 nitrogen and oxygen atoms in total. The van der Waals surface area contributed by atoms with Crippen molar-refractivity contribution in [3.05, 3.63) is 46.4 Å². The Kier molecular flexibility index (Phi) is 5.22. The van der Waals surface area contributed by atoms with Gasteiger partial charge >= 0.3 is 11.8 Å². The number of carbonyl (C=O) groups is 2. The van der Waals surface area contributed by atoms with E-state index in [4.69, 9.17) is 16.0 Å². The first-order chi connectivity index (χ1) is 12.4. The molecule has 0 N–H and O–H groups in total. The molecule has 2 heterocycles. The highest BCUT2D eigenvalue weighted by molar-refractivity contribution is 6.33. The number of carbonyl (C=O) groups excluding carboxylic acids is 2. The van der Waals surface area contributed by atoms with Crippen LogP contribution < -0.4 is 0 Å². The van der Waals surface area contributed by atoms with E-state index < -0.39 is 11.7 Å². The van der Waals surface area contributed by atoms with E-state index in [1.165, 1.54) is 28.0 Å². The molecule has 0 saturated carbocycles. The normalized spacial score (nSPS) is 14.8. The fraction of sp³-hybridized carbons (Fsp3) is 0.412. The average Bonchev–Trinajstić information content (AvgIpc) is 3.11. The minimum atomic E-state index is -0.659. The van der Waals surface area contributed by atoms with Crippen LogP contribution in [0.1, 0.15) is 46.7 Å². The Hall–Kier alpha value is -2.48. The molecule has 26 heavy (non-hydrogen) atoms. The van der Waals surface area contributed by atoms with Gasteiger partial charge < -0.3 is 14.2 Å². The van der Waals surface area contributed by atoms with Crippen LogP contribution in [-0.4, -0.2) is 58.0 Å². The molecule has 9 heteroatoms. The Balaban J connectivity index is 1.65. The van der Waals surface area contributed by atoms with Crippen molar-refractivity contribution in [2.75, 3.05) is 26.2 Å². The minimum absolute atomic E-state index is 0.0315. The van der Waals surface area contributed by atoms with Crippen LogP contribution in [0, 0.1) is 5.82 Å². The summed E-state index contributed by atoms with van der Waals surface area (Å²) < 4.78 is 19.3. The average molecular weight is 381 g/mol. The van der Waals surface area contributed by atoms with Crippen molar-refractivity contribution in [3.8, 4) is 0 Å². The number of hydrogen-bond acceptors (Lipinski definition) is 5. The summed E-state index contributed by atoms with van der Waals surface area (Å²) in [5, 5.41) is 7.70. The van der Waals surface area contributed by atoms with Gasteiger partial charge in [-0.2, -0.15) is 0 Å². The summed E-state index contributed by atoms with van der Waals surface area (Å²) in [5.74, 6) is -1.15. The maximum absolute atomic E-state index is 13.9. The lowest BCUT2D eigenvalue weighted by atomic mass is 10.1. The van der Waals surface area contributed by atoms with Crippen LogP contribution in [0.15, 0.2) is 22.6 Å². The van der Waals surface area contributed by atoms with Gasteiger partial charge in [0.05, 0.1) is 10.6 Å². The zero-order valence-corrected chi connectivity index (χ0v) is 15.2. The number of halogens is 2. The van der Waals surface area contributed by atoms with Crippen LogP contribution >= 0.6 is 11.6 Å². The number of rotatable bonds is 3. The zero-order chi connectivity index (χ0) is 18.8. The SMILES string of the molecule is CC(C)c1nnc(C(=O)N2CCN(C(=O)c3c(F)cccc3Cl)CC2)o1. The van der Waals surface area contributed by atoms with Crippen molar-refractivity contribution in [2.45, 2.75) is 19.8 Å². The summed E-state index contributed by atoms with van der Waals surface area (Å²) in [6.07, 6.45) is 0. The Labute approximate surface area is 154 Å². The van der Waals surface area contributed by atoms with E-state index in [0.29, 0.717) is 5.89 Å². The first-order valence-electron chi connectivity index (χ1n) is 8.24. The summed E-state index contributed by atoms with van der Waals surface area (Å²) in [6.45, 7) is 4.88. The lowest BCUT2D eigenvalue weighted by Gasteiger charge is -2.34. The molecular formula is C17H18ClFN4O3. The minimum Gasteiger partial charge on any atom is -0.417 e. The molecule has 2 aromatic rings. The monoisotopic (exact) mass is 380 g/mol. The molecular weight excluding hydrogens is 363 g/mol. The van der Waals surface area contributed by atoms with Crippen LogP contribution in [-0.2, 0) is 0 Å². The maximum atomic E-state index is 13.9. The topological polar surface area (TPSA) is 79.5 Å². The molecule has 1 aromatic heterocycles. The van der Waals surface area contributed by atoms with Crippen molar-refractivity contribution >= 4 is 23.4 Å². The molecule has 1 aliphatic rings. The van der Waals surface area contributed by atoms with Crippen LogP contribution in [0.4, 0.5) is 4.39 Å². The molecule has 3 rings (SSSR count). The largest absolute Gasteiger partial charge is 0.417 e. The van der Waals surface area contributed by atoms with Crippen LogP contribution in [0.25, 0.3) is 0 Å². The molecule has 2 amide bonds. The highest BCUT2D eigenvalue weighted by Crippen LogP contribution is 2.22. The second-order valence-corrected chi connectivity index (χ2v) is 6.69. The standard InChI is InChI=1S/C17H18ClFN4O3/c1-10(2)14-20-21-15(26-14)17(25)23-8-6-22(7-9-23)16(24)13-11(18)4-3-5-12(13)19/h3-5,10H,6-9H2,1-2H3. The number of amides is 2. The number of hydrogen-bond donors (Lipinski definition) is 0. The lowest BCUT2D eigenvalue weighted by Crippen LogP contribution is -2.50. The molecule has 1 saturated heterocycles. The van der Waals surface area contributed by atoms with E-state index in [1.807, 2.05) is 13.8 Å². The fourth-order valence-corrected chi connectivity index (χ4v) is 2.91. The molecule has 0 unspecified atom stereocenters. The van der Waals surface area contributed by atoms with Gasteiger partial charge in [0, 0.05) is 32.1 Å². The van der Waals surface area contributed by atoms with E-state index >= 15 is 0 Å². The van der Waals surface area contributed by atoms with Crippen LogP contribution in [0.5, 0.6) is 0 Å². The van der Waals surface area contributed by atoms with Crippen molar-refractivity contribution in [2.24, 2.45) is 0 Å². The summed E-state index contributed by atoms with van der Waals surface area (Å²) in [4.78, 5) is 28.0. The summed E-state index contributed by atoms with van der Waals surface area (Å²) in [7, 11) is 0. The summed E-state index contributed by atoms with van der Waals surface area (Å²) in [6, 6.07) is 4.11. The van der Waals surface area contributed by atoms with E-state index in [9.17, 15) is 14.0 Å². The van der Waals surface area contributed by atoms with E-state index in [-0.39, 0.29) is 54.5 Å². The third-order valence-electron chi connectivity index (χ3n) is 4.15. The molecule has 1 fully saturated rings. The highest BCUT2D eigenvalue weighted by Gasteiger charge is 2.30. The Morgan fingerprint density at radius 1 is 1.12 bits per heavy atom. The molecule has 0 spiro atoms. The van der Waals surface area contributed by atoms with Crippen molar-refractivity contribution in [3.63, 3.8) is 0 Å². The smallest absolute Gasteiger partial charge is 0.311 e. The van der Waals surface area contributed by atoms with Gasteiger partial charge in [0.15, 0.2) is 0 Å². The summed E-state index contributed by atoms with van der Waals surface area (Å²) in [5.41, 5.74) is -0.146. The van der Waals surface area contributed by atoms with Crippen molar-refractivity contribution in [1.29, 1.82) is 0 Å². The van der Waals surface area contributed by atoms with Gasteiger partial charge in [-0.25, -0.2) is 4.39 Å². The second-order valence-electron chi connectivity index (χ2n) is 6.28. The summed E-state index contributed by atoms with van der Waals surface area (Å²) >= 11 is 5.95.